The van der Waals surface area contributed by atoms with Gasteiger partial charge in [0.15, 0.2) is 11.6 Å². The van der Waals surface area contributed by atoms with Gasteiger partial charge in [0.1, 0.15) is 24.0 Å². The van der Waals surface area contributed by atoms with Crippen molar-refractivity contribution in [3.05, 3.63) is 41.5 Å². The number of aromatic nitrogens is 2. The third-order valence-corrected chi connectivity index (χ3v) is 5.25. The van der Waals surface area contributed by atoms with Gasteiger partial charge in [-0.25, -0.2) is 9.02 Å². The highest BCUT2D eigenvalue weighted by atomic mass is 19.1. The number of halogens is 1. The van der Waals surface area contributed by atoms with Crippen LogP contribution in [0.3, 0.4) is 0 Å². The number of piperazine rings is 1. The molecule has 1 saturated heterocycles. The lowest BCUT2D eigenvalue weighted by molar-refractivity contribution is -0.142. The van der Waals surface area contributed by atoms with Crippen LogP contribution in [0.5, 0.6) is 5.75 Å². The first-order valence-electron chi connectivity index (χ1n) is 9.75. The minimum absolute atomic E-state index is 0.0896. The smallest absolute Gasteiger partial charge is 0.241 e. The van der Waals surface area contributed by atoms with Gasteiger partial charge in [-0.1, -0.05) is 22.4 Å². The van der Waals surface area contributed by atoms with Crippen molar-refractivity contribution in [1.29, 1.82) is 0 Å². The van der Waals surface area contributed by atoms with Crippen LogP contribution in [-0.2, 0) is 16.0 Å². The van der Waals surface area contributed by atoms with Gasteiger partial charge in [0, 0.05) is 26.7 Å². The van der Waals surface area contributed by atoms with Crippen LogP contribution in [0, 0.1) is 12.7 Å². The fraction of sp³-hybridized carbons (Fsp3) is 0.500. The fourth-order valence-electron chi connectivity index (χ4n) is 3.25. The molecule has 30 heavy (non-hydrogen) atoms. The molecule has 2 aromatic rings. The van der Waals surface area contributed by atoms with E-state index >= 15 is 0 Å². The number of carbonyl (C=O) groups excluding carboxylic acids is 2. The Kier molecular flexibility index (Phi) is 6.99. The number of hydrogen-bond donors (Lipinski definition) is 0. The quantitative estimate of drug-likeness (QED) is 0.654. The second-order valence-electron chi connectivity index (χ2n) is 7.35. The molecule has 0 N–H and O–H groups in total. The molecule has 1 atom stereocenters. The summed E-state index contributed by atoms with van der Waals surface area (Å²) in [4.78, 5) is 30.7. The van der Waals surface area contributed by atoms with E-state index in [1.54, 1.807) is 42.0 Å². The maximum Gasteiger partial charge on any atom is 0.241 e. The number of rotatable bonds is 7. The maximum atomic E-state index is 13.6. The Labute approximate surface area is 174 Å². The first kappa shape index (κ1) is 21.7. The van der Waals surface area contributed by atoms with Crippen LogP contribution >= 0.6 is 0 Å². The Morgan fingerprint density at radius 2 is 2.07 bits per heavy atom. The highest BCUT2D eigenvalue weighted by Gasteiger charge is 2.34. The monoisotopic (exact) mass is 419 g/mol. The van der Waals surface area contributed by atoms with E-state index in [0.29, 0.717) is 31.0 Å². The van der Waals surface area contributed by atoms with E-state index in [0.717, 1.165) is 0 Å². The number of para-hydroxylation sites is 1. The molecule has 2 heterocycles. The Morgan fingerprint density at radius 3 is 2.77 bits per heavy atom. The summed E-state index contributed by atoms with van der Waals surface area (Å²) in [6, 6.07) is 5.68. The van der Waals surface area contributed by atoms with Crippen LogP contribution in [-0.4, -0.2) is 89.8 Å². The van der Waals surface area contributed by atoms with Crippen LogP contribution in [0.4, 0.5) is 4.39 Å². The highest BCUT2D eigenvalue weighted by Crippen LogP contribution is 2.16. The molecule has 0 saturated carbocycles. The van der Waals surface area contributed by atoms with Gasteiger partial charge in [-0.15, -0.1) is 0 Å². The molecule has 0 radical (unpaired) electrons. The van der Waals surface area contributed by atoms with Crippen LogP contribution in [0.1, 0.15) is 11.4 Å². The minimum atomic E-state index is -0.460. The van der Waals surface area contributed by atoms with E-state index in [1.807, 2.05) is 11.9 Å². The molecule has 2 amide bonds. The molecule has 0 bridgehead atoms. The number of aryl methyl sites for hydroxylation is 1. The number of amides is 2. The summed E-state index contributed by atoms with van der Waals surface area (Å²) < 4.78 is 23.7. The molecule has 0 spiro atoms. The Morgan fingerprint density at radius 1 is 1.30 bits per heavy atom. The standard InChI is InChI=1S/C20H26FN5O4/c1-14-16(23-30-22-14)12-19(27)26-9-8-24(2)17(13-26)20(28)25(3)10-11-29-18-7-5-4-6-15(18)21/h4-7,17H,8-13H2,1-3H3/t17-/m1/s1. The molecule has 0 aliphatic carbocycles. The molecule has 1 aromatic carbocycles. The highest BCUT2D eigenvalue weighted by molar-refractivity contribution is 5.84. The number of likely N-dealkylation sites (N-methyl/N-ethyl adjacent to an activating group) is 2. The first-order chi connectivity index (χ1) is 14.4. The van der Waals surface area contributed by atoms with Crippen LogP contribution in [0.15, 0.2) is 28.9 Å². The van der Waals surface area contributed by atoms with Gasteiger partial charge in [-0.05, 0) is 26.1 Å². The van der Waals surface area contributed by atoms with E-state index in [9.17, 15) is 14.0 Å². The van der Waals surface area contributed by atoms with Crippen molar-refractivity contribution in [1.82, 2.24) is 25.0 Å². The summed E-state index contributed by atoms with van der Waals surface area (Å²) in [6.45, 7) is 3.60. The van der Waals surface area contributed by atoms with E-state index in [1.165, 1.54) is 6.07 Å². The molecule has 1 aliphatic rings. The van der Waals surface area contributed by atoms with E-state index in [2.05, 4.69) is 14.9 Å². The molecule has 3 rings (SSSR count). The van der Waals surface area contributed by atoms with Crippen molar-refractivity contribution in [2.75, 3.05) is 46.9 Å². The van der Waals surface area contributed by atoms with Gasteiger partial charge in [0.2, 0.25) is 11.8 Å². The number of nitrogens with zero attached hydrogens (tertiary/aromatic N) is 5. The zero-order chi connectivity index (χ0) is 21.7. The van der Waals surface area contributed by atoms with Crippen molar-refractivity contribution >= 4 is 11.8 Å². The Hall–Kier alpha value is -3.01. The zero-order valence-corrected chi connectivity index (χ0v) is 17.4. The lowest BCUT2D eigenvalue weighted by atomic mass is 10.1. The molecule has 162 valence electrons. The zero-order valence-electron chi connectivity index (χ0n) is 17.4. The van der Waals surface area contributed by atoms with Crippen molar-refractivity contribution in [2.24, 2.45) is 0 Å². The summed E-state index contributed by atoms with van der Waals surface area (Å²) in [7, 11) is 3.53. The number of benzene rings is 1. The summed E-state index contributed by atoms with van der Waals surface area (Å²) in [5.41, 5.74) is 1.09. The average molecular weight is 419 g/mol. The molecule has 1 fully saturated rings. The molecule has 1 aliphatic heterocycles. The lowest BCUT2D eigenvalue weighted by Gasteiger charge is -2.40. The summed E-state index contributed by atoms with van der Waals surface area (Å²) in [6.07, 6.45) is 0.0896. The van der Waals surface area contributed by atoms with Crippen LogP contribution in [0.2, 0.25) is 0 Å². The van der Waals surface area contributed by atoms with Crippen molar-refractivity contribution in [3.63, 3.8) is 0 Å². The number of carbonyl (C=O) groups is 2. The third kappa shape index (κ3) is 5.12. The summed E-state index contributed by atoms with van der Waals surface area (Å²) in [5, 5.41) is 7.44. The second kappa shape index (κ2) is 9.66. The van der Waals surface area contributed by atoms with Crippen molar-refractivity contribution in [3.8, 4) is 5.75 Å². The molecular weight excluding hydrogens is 393 g/mol. The van der Waals surface area contributed by atoms with Gasteiger partial charge in [0.25, 0.3) is 0 Å². The number of hydrogen-bond acceptors (Lipinski definition) is 7. The largest absolute Gasteiger partial charge is 0.489 e. The fourth-order valence-corrected chi connectivity index (χ4v) is 3.25. The van der Waals surface area contributed by atoms with E-state index < -0.39 is 11.9 Å². The van der Waals surface area contributed by atoms with Crippen molar-refractivity contribution in [2.45, 2.75) is 19.4 Å². The normalized spacial score (nSPS) is 17.1. The SMILES string of the molecule is Cc1nonc1CC(=O)N1CCN(C)[C@@H](C(=O)N(C)CCOc2ccccc2F)C1. The van der Waals surface area contributed by atoms with E-state index in [-0.39, 0.29) is 37.1 Å². The van der Waals surface area contributed by atoms with E-state index in [4.69, 9.17) is 4.74 Å². The van der Waals surface area contributed by atoms with Gasteiger partial charge >= 0.3 is 0 Å². The van der Waals surface area contributed by atoms with Crippen molar-refractivity contribution < 1.29 is 23.3 Å². The molecule has 1 aromatic heterocycles. The molecule has 0 unspecified atom stereocenters. The predicted octanol–water partition coefficient (Wildman–Crippen LogP) is 0.740. The van der Waals surface area contributed by atoms with Crippen LogP contribution < -0.4 is 4.74 Å². The lowest BCUT2D eigenvalue weighted by Crippen LogP contribution is -2.59. The molecule has 9 nitrogen and oxygen atoms in total. The minimum Gasteiger partial charge on any atom is -0.489 e. The average Bonchev–Trinajstić information content (AvgIpc) is 3.13. The van der Waals surface area contributed by atoms with Crippen LogP contribution in [0.25, 0.3) is 0 Å². The summed E-state index contributed by atoms with van der Waals surface area (Å²) in [5.74, 6) is -0.524. The molecule has 10 heteroatoms. The van der Waals surface area contributed by atoms with Gasteiger partial charge in [0.05, 0.1) is 13.0 Å². The van der Waals surface area contributed by atoms with Gasteiger partial charge in [-0.2, -0.15) is 0 Å². The number of ether oxygens (including phenoxy) is 1. The topological polar surface area (TPSA) is 92.0 Å². The molecular formula is C20H26FN5O4. The maximum absolute atomic E-state index is 13.6. The third-order valence-electron chi connectivity index (χ3n) is 5.25. The van der Waals surface area contributed by atoms with Gasteiger partial charge < -0.3 is 14.5 Å². The van der Waals surface area contributed by atoms with Gasteiger partial charge in [-0.3, -0.25) is 14.5 Å². The predicted molar refractivity (Wildman–Crippen MR) is 105 cm³/mol. The Balaban J connectivity index is 1.53. The second-order valence-corrected chi connectivity index (χ2v) is 7.35. The Bertz CT molecular complexity index is 890. The summed E-state index contributed by atoms with van der Waals surface area (Å²) >= 11 is 0. The first-order valence-corrected chi connectivity index (χ1v) is 9.75.